The zero-order valence-electron chi connectivity index (χ0n) is 14.5. The van der Waals surface area contributed by atoms with E-state index in [4.69, 9.17) is 11.6 Å². The average molecular weight is 408 g/mol. The molecule has 0 atom stereocenters. The molecule has 0 saturated heterocycles. The fraction of sp³-hybridized carbons (Fsp3) is 0.222. The third-order valence-electron chi connectivity index (χ3n) is 4.43. The van der Waals surface area contributed by atoms with E-state index in [1.807, 2.05) is 0 Å². The molecule has 0 unspecified atom stereocenters. The Morgan fingerprint density at radius 3 is 2.54 bits per heavy atom. The third kappa shape index (κ3) is 3.33. The molecule has 144 valence electrons. The molecule has 4 rings (SSSR count). The van der Waals surface area contributed by atoms with Crippen LogP contribution in [0, 0.1) is 0 Å². The predicted octanol–water partition coefficient (Wildman–Crippen LogP) is 3.64. The van der Waals surface area contributed by atoms with Gasteiger partial charge in [0.05, 0.1) is 13.0 Å². The van der Waals surface area contributed by atoms with Crippen molar-refractivity contribution in [1.82, 2.24) is 19.5 Å². The van der Waals surface area contributed by atoms with Crippen LogP contribution in [0.25, 0.3) is 11.4 Å². The second kappa shape index (κ2) is 6.59. The van der Waals surface area contributed by atoms with Gasteiger partial charge in [0.15, 0.2) is 5.69 Å². The molecule has 0 aliphatic carbocycles. The molecule has 0 fully saturated rings. The smallest absolute Gasteiger partial charge is 0.333 e. The summed E-state index contributed by atoms with van der Waals surface area (Å²) in [7, 11) is 1.51. The first-order valence-electron chi connectivity index (χ1n) is 8.24. The molecule has 10 heteroatoms. The Morgan fingerprint density at radius 2 is 1.89 bits per heavy atom. The van der Waals surface area contributed by atoms with Gasteiger partial charge in [-0.15, -0.1) is 0 Å². The standard InChI is InChI=1S/C18H13ClF3N5O/c1-26-9-13(18(20,21)22)24-15(26)11-4-2-10(3-5-11)8-27-14(28)6-12-7-23-17(19)25-16(12)27/h2-5,7,9H,6,8H2,1H3. The van der Waals surface area contributed by atoms with Crippen molar-refractivity contribution in [2.45, 2.75) is 19.1 Å². The molecule has 3 aromatic rings. The molecule has 1 aliphatic rings. The molecule has 0 spiro atoms. The van der Waals surface area contributed by atoms with E-state index >= 15 is 0 Å². The monoisotopic (exact) mass is 407 g/mol. The fourth-order valence-corrected chi connectivity index (χ4v) is 3.22. The first-order chi connectivity index (χ1) is 13.2. The molecule has 28 heavy (non-hydrogen) atoms. The van der Waals surface area contributed by atoms with Crippen LogP contribution in [0.4, 0.5) is 19.0 Å². The number of carbonyl (C=O) groups is 1. The van der Waals surface area contributed by atoms with E-state index in [-0.39, 0.29) is 30.0 Å². The molecule has 0 N–H and O–H groups in total. The SMILES string of the molecule is Cn1cc(C(F)(F)F)nc1-c1ccc(CN2C(=O)Cc3cnc(Cl)nc32)cc1. The van der Waals surface area contributed by atoms with Crippen molar-refractivity contribution in [1.29, 1.82) is 0 Å². The van der Waals surface area contributed by atoms with Crippen molar-refractivity contribution < 1.29 is 18.0 Å². The average Bonchev–Trinajstić information content (AvgIpc) is 3.16. The van der Waals surface area contributed by atoms with Crippen LogP contribution in [0.5, 0.6) is 0 Å². The van der Waals surface area contributed by atoms with Crippen LogP contribution in [-0.4, -0.2) is 25.4 Å². The minimum atomic E-state index is -4.50. The number of amides is 1. The van der Waals surface area contributed by atoms with Crippen molar-refractivity contribution in [3.63, 3.8) is 0 Å². The number of hydrogen-bond donors (Lipinski definition) is 0. The maximum Gasteiger partial charge on any atom is 0.434 e. The number of imidazole rings is 1. The van der Waals surface area contributed by atoms with Gasteiger partial charge in [-0.05, 0) is 17.2 Å². The van der Waals surface area contributed by atoms with Gasteiger partial charge in [-0.3, -0.25) is 9.69 Å². The number of alkyl halides is 3. The van der Waals surface area contributed by atoms with Gasteiger partial charge < -0.3 is 4.57 Å². The fourth-order valence-electron chi connectivity index (χ4n) is 3.09. The number of anilines is 1. The summed E-state index contributed by atoms with van der Waals surface area (Å²) in [5.74, 6) is 0.573. The maximum absolute atomic E-state index is 12.8. The number of hydrogen-bond acceptors (Lipinski definition) is 4. The van der Waals surface area contributed by atoms with Crippen LogP contribution in [0.1, 0.15) is 16.8 Å². The first kappa shape index (κ1) is 18.4. The second-order valence-electron chi connectivity index (χ2n) is 6.40. The second-order valence-corrected chi connectivity index (χ2v) is 6.74. The van der Waals surface area contributed by atoms with Crippen LogP contribution in [0.2, 0.25) is 5.28 Å². The molecule has 0 radical (unpaired) electrons. The predicted molar refractivity (Wildman–Crippen MR) is 95.6 cm³/mol. The van der Waals surface area contributed by atoms with Crippen LogP contribution in [0.3, 0.4) is 0 Å². The van der Waals surface area contributed by atoms with E-state index in [9.17, 15) is 18.0 Å². The van der Waals surface area contributed by atoms with Gasteiger partial charge in [0.25, 0.3) is 0 Å². The van der Waals surface area contributed by atoms with Gasteiger partial charge in [0.2, 0.25) is 11.2 Å². The molecular formula is C18H13ClF3N5O. The highest BCUT2D eigenvalue weighted by atomic mass is 35.5. The number of nitrogens with zero attached hydrogens (tertiary/aromatic N) is 5. The van der Waals surface area contributed by atoms with E-state index in [2.05, 4.69) is 15.0 Å². The van der Waals surface area contributed by atoms with Gasteiger partial charge in [-0.2, -0.15) is 18.2 Å². The largest absolute Gasteiger partial charge is 0.434 e. The summed E-state index contributed by atoms with van der Waals surface area (Å²) in [5.41, 5.74) is 1.11. The van der Waals surface area contributed by atoms with Gasteiger partial charge in [0.1, 0.15) is 11.6 Å². The molecule has 1 aliphatic heterocycles. The van der Waals surface area contributed by atoms with Gasteiger partial charge in [-0.1, -0.05) is 24.3 Å². The lowest BCUT2D eigenvalue weighted by atomic mass is 10.1. The first-order valence-corrected chi connectivity index (χ1v) is 8.62. The molecule has 0 bridgehead atoms. The lowest BCUT2D eigenvalue weighted by Crippen LogP contribution is -2.26. The van der Waals surface area contributed by atoms with Gasteiger partial charge in [-0.25, -0.2) is 9.97 Å². The Morgan fingerprint density at radius 1 is 1.18 bits per heavy atom. The molecule has 2 aromatic heterocycles. The number of rotatable bonds is 3. The summed E-state index contributed by atoms with van der Waals surface area (Å²) in [5, 5.41) is 0.0593. The van der Waals surface area contributed by atoms with E-state index in [1.165, 1.54) is 22.7 Å². The Kier molecular flexibility index (Phi) is 4.34. The van der Waals surface area contributed by atoms with E-state index < -0.39 is 11.9 Å². The zero-order chi connectivity index (χ0) is 20.1. The van der Waals surface area contributed by atoms with E-state index in [0.717, 1.165) is 11.8 Å². The quantitative estimate of drug-likeness (QED) is 0.622. The summed E-state index contributed by atoms with van der Waals surface area (Å²) < 4.78 is 39.9. The lowest BCUT2D eigenvalue weighted by molar-refractivity contribution is -0.140. The molecule has 1 amide bonds. The normalized spacial score (nSPS) is 13.9. The van der Waals surface area contributed by atoms with Crippen LogP contribution in [-0.2, 0) is 31.0 Å². The van der Waals surface area contributed by atoms with Gasteiger partial charge >= 0.3 is 6.18 Å². The van der Waals surface area contributed by atoms with Crippen LogP contribution in [0.15, 0.2) is 36.7 Å². The highest BCUT2D eigenvalue weighted by Gasteiger charge is 2.34. The highest BCUT2D eigenvalue weighted by Crippen LogP contribution is 2.31. The number of aromatic nitrogens is 4. The summed E-state index contributed by atoms with van der Waals surface area (Å²) in [6, 6.07) is 6.83. The Labute approximate surface area is 162 Å². The molecular weight excluding hydrogens is 395 g/mol. The van der Waals surface area contributed by atoms with Crippen molar-refractivity contribution in [3.05, 3.63) is 58.8 Å². The van der Waals surface area contributed by atoms with Crippen molar-refractivity contribution in [3.8, 4) is 11.4 Å². The summed E-state index contributed by atoms with van der Waals surface area (Å²) in [6.07, 6.45) is -1.81. The molecule has 0 saturated carbocycles. The summed E-state index contributed by atoms with van der Waals surface area (Å²) in [4.78, 5) is 25.5. The minimum absolute atomic E-state index is 0.0593. The van der Waals surface area contributed by atoms with Crippen molar-refractivity contribution in [2.75, 3.05) is 4.90 Å². The maximum atomic E-state index is 12.8. The van der Waals surface area contributed by atoms with Crippen molar-refractivity contribution >= 4 is 23.3 Å². The minimum Gasteiger partial charge on any atom is -0.333 e. The number of benzene rings is 1. The van der Waals surface area contributed by atoms with Gasteiger partial charge in [0, 0.05) is 30.6 Å². The Balaban J connectivity index is 1.58. The zero-order valence-corrected chi connectivity index (χ0v) is 15.3. The van der Waals surface area contributed by atoms with Crippen LogP contribution >= 0.6 is 11.6 Å². The highest BCUT2D eigenvalue weighted by molar-refractivity contribution is 6.28. The van der Waals surface area contributed by atoms with Crippen LogP contribution < -0.4 is 4.90 Å². The van der Waals surface area contributed by atoms with E-state index in [1.54, 1.807) is 24.3 Å². The summed E-state index contributed by atoms with van der Waals surface area (Å²) in [6.45, 7) is 0.272. The molecule has 3 heterocycles. The number of halogens is 4. The number of aryl methyl sites for hydroxylation is 1. The molecule has 6 nitrogen and oxygen atoms in total. The Hall–Kier alpha value is -2.94. The topological polar surface area (TPSA) is 63.9 Å². The number of carbonyl (C=O) groups excluding carboxylic acids is 1. The number of fused-ring (bicyclic) bond motifs is 1. The van der Waals surface area contributed by atoms with Crippen molar-refractivity contribution in [2.24, 2.45) is 7.05 Å². The lowest BCUT2D eigenvalue weighted by Gasteiger charge is -2.16. The van der Waals surface area contributed by atoms with E-state index in [0.29, 0.717) is 16.9 Å². The summed E-state index contributed by atoms with van der Waals surface area (Å²) >= 11 is 5.83. The Bertz CT molecular complexity index is 1060. The molecule has 1 aromatic carbocycles. The third-order valence-corrected chi connectivity index (χ3v) is 4.61.